The summed E-state index contributed by atoms with van der Waals surface area (Å²) >= 11 is 0. The maximum Gasteiger partial charge on any atom is 0.416 e. The molecule has 44 heavy (non-hydrogen) atoms. The normalized spacial score (nSPS) is 21.7. The predicted octanol–water partition coefficient (Wildman–Crippen LogP) is 6.75. The fourth-order valence-corrected chi connectivity index (χ4v) is 6.60. The number of anilines is 2. The lowest BCUT2D eigenvalue weighted by atomic mass is 9.75. The maximum absolute atomic E-state index is 13.6. The van der Waals surface area contributed by atoms with Gasteiger partial charge in [0.25, 0.3) is 0 Å². The molecule has 0 bridgehead atoms. The third kappa shape index (κ3) is 6.44. The number of methoxy groups -OCH3 is 1. The third-order valence-corrected chi connectivity index (χ3v) is 8.86. The second kappa shape index (κ2) is 11.7. The van der Waals surface area contributed by atoms with Gasteiger partial charge in [-0.2, -0.15) is 26.3 Å². The summed E-state index contributed by atoms with van der Waals surface area (Å²) in [6, 6.07) is 10.8. The molecule has 1 aromatic heterocycles. The van der Waals surface area contributed by atoms with E-state index in [4.69, 9.17) is 9.47 Å². The Morgan fingerprint density at radius 2 is 1.73 bits per heavy atom. The van der Waals surface area contributed by atoms with Crippen molar-refractivity contribution in [2.45, 2.75) is 56.7 Å². The molecule has 3 aliphatic rings. The summed E-state index contributed by atoms with van der Waals surface area (Å²) in [5.74, 6) is 5.63. The van der Waals surface area contributed by atoms with Crippen LogP contribution in [0.5, 0.6) is 5.75 Å². The van der Waals surface area contributed by atoms with Crippen molar-refractivity contribution >= 4 is 22.3 Å². The first-order valence-electron chi connectivity index (χ1n) is 14.7. The first-order chi connectivity index (χ1) is 20.9. The molecule has 2 N–H and O–H groups in total. The number of fused-ring (bicyclic) bond motifs is 1. The van der Waals surface area contributed by atoms with Gasteiger partial charge >= 0.3 is 12.4 Å². The van der Waals surface area contributed by atoms with Crippen molar-refractivity contribution in [3.05, 3.63) is 53.7 Å². The lowest BCUT2D eigenvalue weighted by Gasteiger charge is -2.58. The van der Waals surface area contributed by atoms with Crippen molar-refractivity contribution in [3.63, 3.8) is 0 Å². The van der Waals surface area contributed by atoms with Gasteiger partial charge in [-0.3, -0.25) is 4.90 Å². The first kappa shape index (κ1) is 30.5. The van der Waals surface area contributed by atoms with Gasteiger partial charge in [0, 0.05) is 41.7 Å². The molecule has 0 amide bonds. The summed E-state index contributed by atoms with van der Waals surface area (Å²) in [6.07, 6.45) is -4.86. The van der Waals surface area contributed by atoms with E-state index in [9.17, 15) is 26.3 Å². The number of hydrogen-bond donors (Lipinski definition) is 2. The Hall–Kier alpha value is -3.56. The Bertz CT molecular complexity index is 1550. The van der Waals surface area contributed by atoms with Crippen LogP contribution in [0, 0.1) is 17.3 Å². The Kier molecular flexibility index (Phi) is 8.13. The SMILES string of the molecule is COc1cc(C(F)(F)F)ccc1NCC#Cc1cc2c(N[C@H]3CC[C@H](N4CC5(COC5)C4)CC3)cccc2n1CC(F)(F)F. The van der Waals surface area contributed by atoms with E-state index in [0.717, 1.165) is 74.4 Å². The van der Waals surface area contributed by atoms with Crippen molar-refractivity contribution < 1.29 is 35.8 Å². The number of alkyl halides is 6. The molecule has 0 atom stereocenters. The highest BCUT2D eigenvalue weighted by molar-refractivity contribution is 5.94. The molecule has 236 valence electrons. The number of hydrogen-bond acceptors (Lipinski definition) is 5. The zero-order valence-electron chi connectivity index (χ0n) is 24.2. The third-order valence-electron chi connectivity index (χ3n) is 8.86. The fraction of sp³-hybridized carbons (Fsp3) is 0.500. The molecule has 3 heterocycles. The molecule has 2 aliphatic heterocycles. The standard InChI is InChI=1S/C32H34F6N4O2/c1-43-29-14-21(32(36,37)38)7-12-27(29)39-13-3-4-24-15-25-26(5-2-6-28(25)42(24)18-31(33,34)35)40-22-8-10-23(11-9-22)41-16-30(17-41)19-44-20-30/h2,5-7,12,14-15,22-23,39-40H,8-11,13,16-20H2,1H3/t22-,23-. The van der Waals surface area contributed by atoms with E-state index >= 15 is 0 Å². The van der Waals surface area contributed by atoms with E-state index in [1.165, 1.54) is 13.2 Å². The second-order valence-electron chi connectivity index (χ2n) is 12.1. The molecule has 2 saturated heterocycles. The number of aromatic nitrogens is 1. The van der Waals surface area contributed by atoms with Gasteiger partial charge in [-0.25, -0.2) is 0 Å². The van der Waals surface area contributed by atoms with Crippen LogP contribution >= 0.6 is 0 Å². The molecule has 0 unspecified atom stereocenters. The summed E-state index contributed by atoms with van der Waals surface area (Å²) in [4.78, 5) is 2.56. The van der Waals surface area contributed by atoms with E-state index in [1.54, 1.807) is 18.2 Å². The van der Waals surface area contributed by atoms with Crippen LogP contribution in [0.2, 0.25) is 0 Å². The lowest BCUT2D eigenvalue weighted by molar-refractivity contribution is -0.200. The summed E-state index contributed by atoms with van der Waals surface area (Å²) in [6.45, 7) is 2.74. The van der Waals surface area contributed by atoms with Gasteiger partial charge in [-0.15, -0.1) is 0 Å². The molecule has 3 fully saturated rings. The maximum atomic E-state index is 13.6. The summed E-state index contributed by atoms with van der Waals surface area (Å²) < 4.78 is 91.6. The van der Waals surface area contributed by atoms with Crippen LogP contribution in [0.3, 0.4) is 0 Å². The van der Waals surface area contributed by atoms with Crippen LogP contribution < -0.4 is 15.4 Å². The van der Waals surface area contributed by atoms with Gasteiger partial charge in [-0.1, -0.05) is 12.0 Å². The molecule has 3 aromatic rings. The molecule has 6 nitrogen and oxygen atoms in total. The van der Waals surface area contributed by atoms with Crippen molar-refractivity contribution in [1.29, 1.82) is 0 Å². The Morgan fingerprint density at radius 3 is 2.36 bits per heavy atom. The van der Waals surface area contributed by atoms with Crippen molar-refractivity contribution in [2.24, 2.45) is 5.41 Å². The molecular formula is C32H34F6N4O2. The monoisotopic (exact) mass is 620 g/mol. The Labute approximate surface area is 251 Å². The quantitative estimate of drug-likeness (QED) is 0.226. The molecular weight excluding hydrogens is 586 g/mol. The number of nitrogens with zero attached hydrogens (tertiary/aromatic N) is 2. The van der Waals surface area contributed by atoms with Crippen LogP contribution in [0.15, 0.2) is 42.5 Å². The first-order valence-corrected chi connectivity index (χ1v) is 14.7. The van der Waals surface area contributed by atoms with Crippen molar-refractivity contribution in [2.75, 3.05) is 50.6 Å². The van der Waals surface area contributed by atoms with Crippen molar-refractivity contribution in [3.8, 4) is 17.6 Å². The molecule has 1 saturated carbocycles. The number of ether oxygens (including phenoxy) is 2. The van der Waals surface area contributed by atoms with E-state index < -0.39 is 24.5 Å². The number of benzene rings is 2. The summed E-state index contributed by atoms with van der Waals surface area (Å²) in [5.41, 5.74) is 1.22. The lowest BCUT2D eigenvalue weighted by Crippen LogP contribution is -2.68. The highest BCUT2D eigenvalue weighted by Gasteiger charge is 2.50. The minimum Gasteiger partial charge on any atom is -0.495 e. The molecule has 2 aromatic carbocycles. The van der Waals surface area contributed by atoms with Crippen LogP contribution in [-0.4, -0.2) is 67.7 Å². The minimum atomic E-state index is -4.52. The average Bonchev–Trinajstić information content (AvgIpc) is 3.26. The molecule has 1 spiro atoms. The van der Waals surface area contributed by atoms with Crippen LogP contribution in [0.1, 0.15) is 36.9 Å². The van der Waals surface area contributed by atoms with Crippen LogP contribution in [0.4, 0.5) is 37.7 Å². The molecule has 6 rings (SSSR count). The Balaban J connectivity index is 1.15. The number of likely N-dealkylation sites (tertiary alicyclic amines) is 1. The molecule has 1 aliphatic carbocycles. The van der Waals surface area contributed by atoms with Gasteiger partial charge in [0.15, 0.2) is 0 Å². The van der Waals surface area contributed by atoms with Crippen LogP contribution in [0.25, 0.3) is 10.9 Å². The van der Waals surface area contributed by atoms with Gasteiger partial charge < -0.3 is 24.7 Å². The predicted molar refractivity (Wildman–Crippen MR) is 156 cm³/mol. The fourth-order valence-electron chi connectivity index (χ4n) is 6.60. The summed E-state index contributed by atoms with van der Waals surface area (Å²) in [5, 5.41) is 7.14. The number of halogens is 6. The Morgan fingerprint density at radius 1 is 0.977 bits per heavy atom. The van der Waals surface area contributed by atoms with Gasteiger partial charge in [0.05, 0.1) is 49.3 Å². The highest BCUT2D eigenvalue weighted by atomic mass is 19.4. The smallest absolute Gasteiger partial charge is 0.416 e. The summed E-state index contributed by atoms with van der Waals surface area (Å²) in [7, 11) is 1.26. The van der Waals surface area contributed by atoms with E-state index in [0.29, 0.717) is 22.4 Å². The van der Waals surface area contributed by atoms with Gasteiger partial charge in [0.2, 0.25) is 0 Å². The van der Waals surface area contributed by atoms with Crippen LogP contribution in [-0.2, 0) is 17.5 Å². The number of rotatable bonds is 7. The highest BCUT2D eigenvalue weighted by Crippen LogP contribution is 2.41. The number of nitrogens with one attached hydrogen (secondary N) is 2. The topological polar surface area (TPSA) is 50.7 Å². The van der Waals surface area contributed by atoms with E-state index in [1.807, 2.05) is 6.07 Å². The molecule has 0 radical (unpaired) electrons. The molecule has 12 heteroatoms. The average molecular weight is 621 g/mol. The van der Waals surface area contributed by atoms with Gasteiger partial charge in [0.1, 0.15) is 12.3 Å². The minimum absolute atomic E-state index is 0.0145. The zero-order valence-corrected chi connectivity index (χ0v) is 24.2. The second-order valence-corrected chi connectivity index (χ2v) is 12.1. The van der Waals surface area contributed by atoms with Crippen molar-refractivity contribution in [1.82, 2.24) is 9.47 Å². The van der Waals surface area contributed by atoms with Gasteiger partial charge in [-0.05, 0) is 68.0 Å². The zero-order chi connectivity index (χ0) is 31.1. The largest absolute Gasteiger partial charge is 0.495 e. The van der Waals surface area contributed by atoms with E-state index in [2.05, 4.69) is 27.4 Å². The van der Waals surface area contributed by atoms with E-state index in [-0.39, 0.29) is 29.7 Å².